The molecule has 2 heterocycles. The normalized spacial score (nSPS) is 30.1. The average molecular weight is 477 g/mol. The highest BCUT2D eigenvalue weighted by atomic mass is 16.5. The number of benzene rings is 1. The van der Waals surface area contributed by atoms with Crippen LogP contribution >= 0.6 is 0 Å². The molecule has 1 spiro atoms. The second-order valence-corrected chi connectivity index (χ2v) is 10.4. The number of hydrogen-bond donors (Lipinski definition) is 0. The fraction of sp³-hybridized carbons (Fsp3) is 0.517. The van der Waals surface area contributed by atoms with Crippen LogP contribution < -0.4 is 4.74 Å². The monoisotopic (exact) mass is 476 g/mol. The number of aromatic nitrogens is 2. The van der Waals surface area contributed by atoms with Crippen LogP contribution in [0.15, 0.2) is 66.5 Å². The molecule has 35 heavy (non-hydrogen) atoms. The lowest BCUT2D eigenvalue weighted by Gasteiger charge is -2.46. The Balaban J connectivity index is 1.27. The SMILES string of the molecule is COC1C=C(C(=O)C2CCC3(CC2)CC(Cn2cccn2)c2ccccc2O3)C=CC1OC(C)C. The first-order chi connectivity index (χ1) is 17.0. The Labute approximate surface area is 208 Å². The van der Waals surface area contributed by atoms with Crippen molar-refractivity contribution in [2.75, 3.05) is 7.11 Å². The van der Waals surface area contributed by atoms with Gasteiger partial charge in [0.15, 0.2) is 5.78 Å². The summed E-state index contributed by atoms with van der Waals surface area (Å²) >= 11 is 0. The van der Waals surface area contributed by atoms with Crippen molar-refractivity contribution >= 4 is 5.78 Å². The number of carbonyl (C=O) groups is 1. The number of Topliss-reactive ketones (excluding diaryl/α,β-unsaturated/α-hetero) is 1. The van der Waals surface area contributed by atoms with Gasteiger partial charge in [0, 0.05) is 43.5 Å². The van der Waals surface area contributed by atoms with E-state index in [0.29, 0.717) is 5.92 Å². The van der Waals surface area contributed by atoms with Gasteiger partial charge in [-0.1, -0.05) is 30.4 Å². The Bertz CT molecular complexity index is 1080. The molecule has 0 amide bonds. The van der Waals surface area contributed by atoms with E-state index >= 15 is 0 Å². The minimum absolute atomic E-state index is 0.0157. The Morgan fingerprint density at radius 1 is 1.20 bits per heavy atom. The summed E-state index contributed by atoms with van der Waals surface area (Å²) in [5.74, 6) is 1.56. The molecule has 1 fully saturated rings. The third kappa shape index (κ3) is 5.14. The number of hydrogen-bond acceptors (Lipinski definition) is 5. The van der Waals surface area contributed by atoms with Gasteiger partial charge in [-0.3, -0.25) is 9.48 Å². The third-order valence-electron chi connectivity index (χ3n) is 7.66. The Morgan fingerprint density at radius 3 is 2.71 bits per heavy atom. The van der Waals surface area contributed by atoms with Crippen molar-refractivity contribution in [1.82, 2.24) is 9.78 Å². The van der Waals surface area contributed by atoms with Gasteiger partial charge in [-0.05, 0) is 69.7 Å². The fourth-order valence-electron chi connectivity index (χ4n) is 5.93. The number of ether oxygens (including phenoxy) is 3. The molecular weight excluding hydrogens is 440 g/mol. The summed E-state index contributed by atoms with van der Waals surface area (Å²) in [5, 5.41) is 4.44. The molecule has 0 bridgehead atoms. The van der Waals surface area contributed by atoms with Crippen molar-refractivity contribution in [3.05, 3.63) is 72.1 Å². The van der Waals surface area contributed by atoms with E-state index in [4.69, 9.17) is 14.2 Å². The van der Waals surface area contributed by atoms with E-state index in [1.54, 1.807) is 7.11 Å². The molecule has 1 saturated carbocycles. The summed E-state index contributed by atoms with van der Waals surface area (Å²) in [5.41, 5.74) is 1.78. The van der Waals surface area contributed by atoms with E-state index in [0.717, 1.165) is 50.0 Å². The zero-order valence-corrected chi connectivity index (χ0v) is 20.9. The molecule has 6 nitrogen and oxygen atoms in total. The van der Waals surface area contributed by atoms with Gasteiger partial charge in [0.2, 0.25) is 0 Å². The second-order valence-electron chi connectivity index (χ2n) is 10.4. The summed E-state index contributed by atoms with van der Waals surface area (Å²) in [7, 11) is 1.67. The van der Waals surface area contributed by atoms with E-state index < -0.39 is 0 Å². The molecule has 1 aromatic heterocycles. The smallest absolute Gasteiger partial charge is 0.165 e. The van der Waals surface area contributed by atoms with Crippen molar-refractivity contribution in [2.45, 2.75) is 82.3 Å². The number of rotatable bonds is 7. The van der Waals surface area contributed by atoms with Gasteiger partial charge >= 0.3 is 0 Å². The van der Waals surface area contributed by atoms with E-state index in [1.807, 2.05) is 61.3 Å². The van der Waals surface area contributed by atoms with Crippen LogP contribution in [-0.4, -0.2) is 46.6 Å². The number of allylic oxidation sites excluding steroid dienone is 2. The van der Waals surface area contributed by atoms with Crippen LogP contribution in [0.1, 0.15) is 57.4 Å². The van der Waals surface area contributed by atoms with E-state index in [-0.39, 0.29) is 35.6 Å². The molecule has 1 aromatic carbocycles. The fourth-order valence-corrected chi connectivity index (χ4v) is 5.93. The summed E-state index contributed by atoms with van der Waals surface area (Å²) in [4.78, 5) is 13.4. The lowest BCUT2D eigenvalue weighted by molar-refractivity contribution is -0.122. The van der Waals surface area contributed by atoms with Crippen LogP contribution in [0.3, 0.4) is 0 Å². The van der Waals surface area contributed by atoms with Crippen molar-refractivity contribution in [3.8, 4) is 5.75 Å². The predicted molar refractivity (Wildman–Crippen MR) is 134 cm³/mol. The van der Waals surface area contributed by atoms with Crippen LogP contribution in [0, 0.1) is 5.92 Å². The topological polar surface area (TPSA) is 62.6 Å². The number of ketones is 1. The minimum atomic E-state index is -0.238. The number of fused-ring (bicyclic) bond motifs is 1. The first-order valence-corrected chi connectivity index (χ1v) is 12.8. The van der Waals surface area contributed by atoms with E-state index in [9.17, 15) is 4.79 Å². The summed E-state index contributed by atoms with van der Waals surface area (Å²) < 4.78 is 20.2. The summed E-state index contributed by atoms with van der Waals surface area (Å²) in [6, 6.07) is 10.4. The van der Waals surface area contributed by atoms with Crippen molar-refractivity contribution < 1.29 is 19.0 Å². The molecule has 3 aliphatic rings. The maximum atomic E-state index is 13.4. The van der Waals surface area contributed by atoms with Crippen molar-refractivity contribution in [2.24, 2.45) is 5.92 Å². The number of methoxy groups -OCH3 is 1. The predicted octanol–water partition coefficient (Wildman–Crippen LogP) is 5.25. The van der Waals surface area contributed by atoms with Gasteiger partial charge in [-0.25, -0.2) is 0 Å². The minimum Gasteiger partial charge on any atom is -0.487 e. The van der Waals surface area contributed by atoms with Gasteiger partial charge in [0.1, 0.15) is 23.6 Å². The van der Waals surface area contributed by atoms with E-state index in [1.165, 1.54) is 5.56 Å². The zero-order valence-electron chi connectivity index (χ0n) is 20.9. The number of para-hydroxylation sites is 1. The molecule has 3 atom stereocenters. The molecule has 2 aliphatic carbocycles. The molecule has 0 saturated heterocycles. The molecule has 3 unspecified atom stereocenters. The summed E-state index contributed by atoms with van der Waals surface area (Å²) in [6.07, 6.45) is 13.8. The molecule has 186 valence electrons. The van der Waals surface area contributed by atoms with Crippen LogP contribution in [0.5, 0.6) is 5.75 Å². The molecule has 5 rings (SSSR count). The van der Waals surface area contributed by atoms with Gasteiger partial charge in [-0.2, -0.15) is 5.10 Å². The zero-order chi connectivity index (χ0) is 24.4. The first kappa shape index (κ1) is 24.0. The first-order valence-electron chi connectivity index (χ1n) is 12.8. The standard InChI is InChI=1S/C29H36N2O4/c1-20(2)34-26-10-9-22(17-27(26)33-3)28(32)21-11-13-29(14-12-21)18-23(19-31-16-6-15-30-31)24-7-4-5-8-25(24)35-29/h4-10,15-17,20-21,23,26-27H,11-14,18-19H2,1-3H3. The molecule has 0 N–H and O–H groups in total. The highest BCUT2D eigenvalue weighted by Crippen LogP contribution is 2.48. The lowest BCUT2D eigenvalue weighted by Crippen LogP contribution is -2.45. The van der Waals surface area contributed by atoms with Gasteiger partial charge < -0.3 is 14.2 Å². The van der Waals surface area contributed by atoms with Crippen molar-refractivity contribution in [1.29, 1.82) is 0 Å². The van der Waals surface area contributed by atoms with Gasteiger partial charge in [0.25, 0.3) is 0 Å². The maximum Gasteiger partial charge on any atom is 0.165 e. The highest BCUT2D eigenvalue weighted by molar-refractivity contribution is 6.00. The highest BCUT2D eigenvalue weighted by Gasteiger charge is 2.45. The van der Waals surface area contributed by atoms with Crippen LogP contribution in [0.2, 0.25) is 0 Å². The van der Waals surface area contributed by atoms with Crippen LogP contribution in [0.4, 0.5) is 0 Å². The molecule has 0 radical (unpaired) electrons. The molecule has 2 aromatic rings. The van der Waals surface area contributed by atoms with Crippen LogP contribution in [-0.2, 0) is 20.8 Å². The maximum absolute atomic E-state index is 13.4. The Hall–Kier alpha value is -2.70. The van der Waals surface area contributed by atoms with Crippen molar-refractivity contribution in [3.63, 3.8) is 0 Å². The Morgan fingerprint density at radius 2 is 2.00 bits per heavy atom. The Kier molecular flexibility index (Phi) is 6.94. The number of carbonyl (C=O) groups excluding carboxylic acids is 1. The quantitative estimate of drug-likeness (QED) is 0.546. The molecule has 1 aliphatic heterocycles. The van der Waals surface area contributed by atoms with E-state index in [2.05, 4.69) is 23.3 Å². The average Bonchev–Trinajstić information content (AvgIpc) is 3.37. The number of nitrogens with zero attached hydrogens (tertiary/aromatic N) is 2. The molecular formula is C29H36N2O4. The third-order valence-corrected chi connectivity index (χ3v) is 7.66. The lowest BCUT2D eigenvalue weighted by atomic mass is 9.70. The largest absolute Gasteiger partial charge is 0.487 e. The molecule has 6 heteroatoms. The van der Waals surface area contributed by atoms with Gasteiger partial charge in [0.05, 0.1) is 6.10 Å². The van der Waals surface area contributed by atoms with Gasteiger partial charge in [-0.15, -0.1) is 0 Å². The second kappa shape index (κ2) is 10.1. The van der Waals surface area contributed by atoms with Crippen LogP contribution in [0.25, 0.3) is 0 Å². The summed E-state index contributed by atoms with van der Waals surface area (Å²) in [6.45, 7) is 4.86.